The maximum absolute atomic E-state index is 10.8. The SMILES string of the molecule is N[C@@H]1C(O)[C@@H](O)C(CO)O[C@@H]1OC1C(CO)OC(O[C@H]2C(CO)O[C@H](O)[C@H](N)C2O)[C@@H](N)[C@H]1O. The number of aliphatic hydroxyl groups excluding tert-OH is 8. The summed E-state index contributed by atoms with van der Waals surface area (Å²) in [5, 5.41) is 79.6. The number of hydrogen-bond acceptors (Lipinski definition) is 16. The van der Waals surface area contributed by atoms with Gasteiger partial charge in [0.05, 0.1) is 37.9 Å². The Morgan fingerprint density at radius 3 is 1.44 bits per heavy atom. The van der Waals surface area contributed by atoms with Crippen molar-refractivity contribution in [3.63, 3.8) is 0 Å². The number of aliphatic hydroxyl groups is 8. The van der Waals surface area contributed by atoms with Crippen LogP contribution in [0.4, 0.5) is 0 Å². The lowest BCUT2D eigenvalue weighted by Crippen LogP contribution is -2.69. The molecule has 0 saturated carbocycles. The summed E-state index contributed by atoms with van der Waals surface area (Å²) in [7, 11) is 0. The van der Waals surface area contributed by atoms with E-state index in [1.165, 1.54) is 0 Å². The van der Waals surface area contributed by atoms with Gasteiger partial charge >= 0.3 is 0 Å². The minimum atomic E-state index is -1.56. The molecular weight excluding hydrogens is 466 g/mol. The maximum Gasteiger partial charge on any atom is 0.176 e. The summed E-state index contributed by atoms with van der Waals surface area (Å²) >= 11 is 0. The quantitative estimate of drug-likeness (QED) is 0.154. The van der Waals surface area contributed by atoms with Crippen LogP contribution in [0, 0.1) is 0 Å². The first-order chi connectivity index (χ1) is 16.0. The van der Waals surface area contributed by atoms with Crippen LogP contribution in [0.5, 0.6) is 0 Å². The molecule has 3 fully saturated rings. The fraction of sp³-hybridized carbons (Fsp3) is 1.00. The van der Waals surface area contributed by atoms with Crippen LogP contribution in [0.15, 0.2) is 0 Å². The van der Waals surface area contributed by atoms with E-state index in [0.29, 0.717) is 0 Å². The minimum Gasteiger partial charge on any atom is -0.394 e. The normalized spacial score (nSPS) is 52.5. The summed E-state index contributed by atoms with van der Waals surface area (Å²) in [5.74, 6) is 0. The van der Waals surface area contributed by atoms with Gasteiger partial charge in [-0.2, -0.15) is 0 Å². The predicted octanol–water partition coefficient (Wildman–Crippen LogP) is -7.67. The lowest BCUT2D eigenvalue weighted by atomic mass is 9.94. The summed E-state index contributed by atoms with van der Waals surface area (Å²) in [6.45, 7) is -2.00. The van der Waals surface area contributed by atoms with Crippen molar-refractivity contribution >= 4 is 0 Å². The number of rotatable bonds is 7. The van der Waals surface area contributed by atoms with Crippen molar-refractivity contribution in [2.45, 2.75) is 91.9 Å². The van der Waals surface area contributed by atoms with E-state index in [0.717, 1.165) is 0 Å². The second kappa shape index (κ2) is 11.6. The first-order valence-corrected chi connectivity index (χ1v) is 10.8. The second-order valence-electron chi connectivity index (χ2n) is 8.59. The minimum absolute atomic E-state index is 0.651. The summed E-state index contributed by atoms with van der Waals surface area (Å²) in [6, 6.07) is -3.87. The van der Waals surface area contributed by atoms with Gasteiger partial charge in [0.2, 0.25) is 0 Å². The Labute approximate surface area is 194 Å². The van der Waals surface area contributed by atoms with Crippen molar-refractivity contribution in [3.8, 4) is 0 Å². The molecule has 0 aromatic rings. The Morgan fingerprint density at radius 2 is 0.941 bits per heavy atom. The Kier molecular flexibility index (Phi) is 9.54. The van der Waals surface area contributed by atoms with Crippen LogP contribution in [0.3, 0.4) is 0 Å². The Bertz CT molecular complexity index is 646. The molecule has 0 bridgehead atoms. The smallest absolute Gasteiger partial charge is 0.176 e. The third kappa shape index (κ3) is 5.37. The molecule has 16 heteroatoms. The molecule has 3 aliphatic rings. The van der Waals surface area contributed by atoms with Crippen molar-refractivity contribution in [3.05, 3.63) is 0 Å². The summed E-state index contributed by atoms with van der Waals surface area (Å²) < 4.78 is 27.4. The highest BCUT2D eigenvalue weighted by atomic mass is 16.7. The first-order valence-electron chi connectivity index (χ1n) is 10.8. The average molecular weight is 501 g/mol. The molecule has 3 aliphatic heterocycles. The van der Waals surface area contributed by atoms with Crippen LogP contribution in [-0.2, 0) is 23.7 Å². The van der Waals surface area contributed by atoms with Gasteiger partial charge in [0.15, 0.2) is 18.9 Å². The number of hydrogen-bond donors (Lipinski definition) is 11. The zero-order valence-corrected chi connectivity index (χ0v) is 18.1. The van der Waals surface area contributed by atoms with Gasteiger partial charge in [-0.3, -0.25) is 0 Å². The summed E-state index contributed by atoms with van der Waals surface area (Å²) in [5.41, 5.74) is 17.6. The van der Waals surface area contributed by atoms with Gasteiger partial charge < -0.3 is 81.7 Å². The van der Waals surface area contributed by atoms with Gasteiger partial charge in [0, 0.05) is 0 Å². The van der Waals surface area contributed by atoms with Crippen molar-refractivity contribution in [2.75, 3.05) is 19.8 Å². The molecule has 3 heterocycles. The van der Waals surface area contributed by atoms with Crippen molar-refractivity contribution in [1.82, 2.24) is 0 Å². The van der Waals surface area contributed by atoms with Crippen LogP contribution in [0.1, 0.15) is 0 Å². The molecule has 0 radical (unpaired) electrons. The van der Waals surface area contributed by atoms with E-state index in [4.69, 9.17) is 40.9 Å². The third-order valence-electron chi connectivity index (χ3n) is 6.33. The lowest BCUT2D eigenvalue weighted by molar-refractivity contribution is -0.348. The Morgan fingerprint density at radius 1 is 0.529 bits per heavy atom. The highest BCUT2D eigenvalue weighted by Gasteiger charge is 2.52. The van der Waals surface area contributed by atoms with Gasteiger partial charge in [-0.15, -0.1) is 0 Å². The van der Waals surface area contributed by atoms with Crippen LogP contribution in [0.25, 0.3) is 0 Å². The third-order valence-corrected chi connectivity index (χ3v) is 6.33. The van der Waals surface area contributed by atoms with Crippen molar-refractivity contribution < 1.29 is 64.5 Å². The van der Waals surface area contributed by atoms with Crippen molar-refractivity contribution in [1.29, 1.82) is 0 Å². The van der Waals surface area contributed by atoms with Crippen LogP contribution < -0.4 is 17.2 Å². The molecule has 16 nitrogen and oxygen atoms in total. The monoisotopic (exact) mass is 501 g/mol. The number of ether oxygens (including phenoxy) is 5. The second-order valence-corrected chi connectivity index (χ2v) is 8.59. The molecular formula is C18H35N3O13. The number of nitrogens with two attached hydrogens (primary N) is 3. The molecule has 34 heavy (non-hydrogen) atoms. The fourth-order valence-electron chi connectivity index (χ4n) is 4.18. The fourth-order valence-corrected chi connectivity index (χ4v) is 4.18. The molecule has 3 saturated heterocycles. The van der Waals surface area contributed by atoms with Crippen LogP contribution >= 0.6 is 0 Å². The van der Waals surface area contributed by atoms with E-state index in [1.54, 1.807) is 0 Å². The van der Waals surface area contributed by atoms with Gasteiger partial charge in [-0.05, 0) is 0 Å². The van der Waals surface area contributed by atoms with E-state index in [1.807, 2.05) is 0 Å². The highest BCUT2D eigenvalue weighted by molar-refractivity contribution is 4.98. The molecule has 15 atom stereocenters. The maximum atomic E-state index is 10.8. The molecule has 0 spiro atoms. The summed E-state index contributed by atoms with van der Waals surface area (Å²) in [6.07, 6.45) is -16.8. The molecule has 200 valence electrons. The van der Waals surface area contributed by atoms with Crippen LogP contribution in [-0.4, -0.2) is 153 Å². The molecule has 0 aromatic carbocycles. The largest absolute Gasteiger partial charge is 0.394 e. The van der Waals surface area contributed by atoms with Crippen molar-refractivity contribution in [2.24, 2.45) is 17.2 Å². The van der Waals surface area contributed by atoms with E-state index in [9.17, 15) is 40.9 Å². The predicted molar refractivity (Wildman–Crippen MR) is 107 cm³/mol. The van der Waals surface area contributed by atoms with E-state index in [2.05, 4.69) is 0 Å². The van der Waals surface area contributed by atoms with E-state index < -0.39 is 112 Å². The average Bonchev–Trinajstić information content (AvgIpc) is 2.83. The van der Waals surface area contributed by atoms with Gasteiger partial charge in [-0.25, -0.2) is 0 Å². The first kappa shape index (κ1) is 27.9. The molecule has 0 aliphatic carbocycles. The van der Waals surface area contributed by atoms with E-state index in [-0.39, 0.29) is 0 Å². The zero-order chi connectivity index (χ0) is 25.3. The Balaban J connectivity index is 1.72. The zero-order valence-electron chi connectivity index (χ0n) is 18.1. The molecule has 7 unspecified atom stereocenters. The molecule has 14 N–H and O–H groups in total. The summed E-state index contributed by atoms with van der Waals surface area (Å²) in [4.78, 5) is 0. The Hall–Kier alpha value is -0.640. The molecule has 0 amide bonds. The highest BCUT2D eigenvalue weighted by Crippen LogP contribution is 2.30. The van der Waals surface area contributed by atoms with Crippen LogP contribution in [0.2, 0.25) is 0 Å². The molecule has 3 rings (SSSR count). The molecule has 0 aromatic heterocycles. The van der Waals surface area contributed by atoms with Gasteiger partial charge in [0.25, 0.3) is 0 Å². The topological polar surface area (TPSA) is 286 Å². The standard InChI is InChI=1S/C18H35N3O13/c19-7-12(27)14(5(2-23)30-16(7)29)33-18-9(21)13(28)15(6(3-24)32-18)34-17-8(20)11(26)10(25)4(1-22)31-17/h4-18,22-29H,1-3,19-21H2/t4?,5?,6?,7-,8-,9+,10+,11?,12?,13-,14+,15?,16+,17-,18?/m1/s1. The van der Waals surface area contributed by atoms with Gasteiger partial charge in [-0.1, -0.05) is 0 Å². The van der Waals surface area contributed by atoms with Gasteiger partial charge in [0.1, 0.15) is 54.9 Å². The lowest BCUT2D eigenvalue weighted by Gasteiger charge is -2.48. The van der Waals surface area contributed by atoms with E-state index >= 15 is 0 Å².